The van der Waals surface area contributed by atoms with Gasteiger partial charge in [-0.25, -0.2) is 9.97 Å². The van der Waals surface area contributed by atoms with Crippen LogP contribution in [0.15, 0.2) is 24.7 Å². The Kier molecular flexibility index (Phi) is 6.22. The summed E-state index contributed by atoms with van der Waals surface area (Å²) in [6.07, 6.45) is 3.74. The maximum absolute atomic E-state index is 4.76. The lowest BCUT2D eigenvalue weighted by Crippen LogP contribution is -2.43. The van der Waals surface area contributed by atoms with E-state index in [4.69, 9.17) is 9.97 Å². The van der Waals surface area contributed by atoms with E-state index in [-0.39, 0.29) is 12.1 Å². The van der Waals surface area contributed by atoms with E-state index in [0.29, 0.717) is 17.7 Å². The van der Waals surface area contributed by atoms with Crippen LogP contribution < -0.4 is 20.9 Å². The van der Waals surface area contributed by atoms with Gasteiger partial charge in [-0.15, -0.1) is 0 Å². The molecule has 1 atom stereocenters. The van der Waals surface area contributed by atoms with E-state index in [9.17, 15) is 0 Å². The Hall–Kier alpha value is -2.94. The summed E-state index contributed by atoms with van der Waals surface area (Å²) in [4.78, 5) is 21.1. The first-order valence-corrected chi connectivity index (χ1v) is 11.1. The molecule has 4 heterocycles. The summed E-state index contributed by atoms with van der Waals surface area (Å²) < 4.78 is 2.06. The van der Waals surface area contributed by atoms with Gasteiger partial charge in [0.1, 0.15) is 5.82 Å². The van der Waals surface area contributed by atoms with Crippen molar-refractivity contribution in [1.82, 2.24) is 29.8 Å². The predicted octanol–water partition coefficient (Wildman–Crippen LogP) is 3.41. The largest absolute Gasteiger partial charge is 0.368 e. The highest BCUT2D eigenvalue weighted by Crippen LogP contribution is 2.26. The summed E-state index contributed by atoms with van der Waals surface area (Å²) >= 11 is 0. The molecule has 1 aliphatic rings. The van der Waals surface area contributed by atoms with Crippen molar-refractivity contribution in [2.24, 2.45) is 5.92 Å². The highest BCUT2D eigenvalue weighted by Gasteiger charge is 2.18. The van der Waals surface area contributed by atoms with Gasteiger partial charge >= 0.3 is 0 Å². The molecular formula is C22H33N9. The van der Waals surface area contributed by atoms with E-state index in [2.05, 4.69) is 76.1 Å². The number of nitrogens with zero attached hydrogens (tertiary/aromatic N) is 6. The molecule has 1 unspecified atom stereocenters. The molecule has 0 radical (unpaired) electrons. The minimum atomic E-state index is 0.247. The molecule has 1 saturated heterocycles. The molecule has 0 saturated carbocycles. The SMILES string of the molecule is CC(C)C(C)Nc1nc(Nc2ccc(N3CCNCC3)cn2)c2ncn(C(C)C)c2n1. The normalized spacial score (nSPS) is 15.6. The van der Waals surface area contributed by atoms with Gasteiger partial charge in [0.05, 0.1) is 18.2 Å². The Morgan fingerprint density at radius 3 is 2.42 bits per heavy atom. The van der Waals surface area contributed by atoms with Crippen molar-refractivity contribution in [2.45, 2.75) is 46.7 Å². The monoisotopic (exact) mass is 423 g/mol. The standard InChI is InChI=1S/C22H33N9/c1-14(2)16(5)26-22-28-20(19-21(29-22)31(13-25-19)15(3)4)27-18-7-6-17(12-24-18)30-10-8-23-9-11-30/h6-7,12-16,23H,8-11H2,1-5H3,(H2,24,26,27,28,29). The third kappa shape index (κ3) is 4.71. The van der Waals surface area contributed by atoms with Gasteiger partial charge in [0, 0.05) is 38.3 Å². The highest BCUT2D eigenvalue weighted by molar-refractivity contribution is 5.86. The van der Waals surface area contributed by atoms with Gasteiger partial charge in [0.25, 0.3) is 0 Å². The molecule has 0 amide bonds. The van der Waals surface area contributed by atoms with Gasteiger partial charge in [-0.3, -0.25) is 0 Å². The minimum absolute atomic E-state index is 0.247. The Morgan fingerprint density at radius 2 is 1.77 bits per heavy atom. The third-order valence-electron chi connectivity index (χ3n) is 5.81. The topological polar surface area (TPSA) is 95.8 Å². The van der Waals surface area contributed by atoms with Crippen molar-refractivity contribution < 1.29 is 0 Å². The van der Waals surface area contributed by atoms with E-state index in [0.717, 1.165) is 48.8 Å². The van der Waals surface area contributed by atoms with Gasteiger partial charge in [0.15, 0.2) is 17.0 Å². The number of hydrogen-bond acceptors (Lipinski definition) is 8. The van der Waals surface area contributed by atoms with E-state index in [1.165, 1.54) is 0 Å². The van der Waals surface area contributed by atoms with Crippen LogP contribution in [-0.4, -0.2) is 56.7 Å². The molecule has 0 aromatic carbocycles. The summed E-state index contributed by atoms with van der Waals surface area (Å²) in [5.41, 5.74) is 2.69. The molecule has 0 bridgehead atoms. The second kappa shape index (κ2) is 9.05. The van der Waals surface area contributed by atoms with Gasteiger partial charge in [-0.2, -0.15) is 9.97 Å². The molecule has 31 heavy (non-hydrogen) atoms. The number of rotatable bonds is 7. The fourth-order valence-electron chi connectivity index (χ4n) is 3.51. The molecule has 4 rings (SSSR count). The molecule has 166 valence electrons. The van der Waals surface area contributed by atoms with Gasteiger partial charge in [-0.1, -0.05) is 13.8 Å². The van der Waals surface area contributed by atoms with Crippen molar-refractivity contribution >= 4 is 34.4 Å². The summed E-state index contributed by atoms with van der Waals surface area (Å²) in [6, 6.07) is 4.59. The molecule has 0 aliphatic carbocycles. The number of anilines is 4. The maximum atomic E-state index is 4.76. The van der Waals surface area contributed by atoms with Gasteiger partial charge in [0.2, 0.25) is 5.95 Å². The number of nitrogens with one attached hydrogen (secondary N) is 3. The smallest absolute Gasteiger partial charge is 0.227 e. The van der Waals surface area contributed by atoms with Crippen molar-refractivity contribution in [2.75, 3.05) is 41.7 Å². The van der Waals surface area contributed by atoms with Crippen LogP contribution in [0, 0.1) is 5.92 Å². The summed E-state index contributed by atoms with van der Waals surface area (Å²) in [5, 5.41) is 10.2. The number of imidazole rings is 1. The van der Waals surface area contributed by atoms with Crippen molar-refractivity contribution in [3.05, 3.63) is 24.7 Å². The molecule has 3 aromatic rings. The Labute approximate surface area is 183 Å². The molecule has 1 aliphatic heterocycles. The average molecular weight is 424 g/mol. The lowest BCUT2D eigenvalue weighted by atomic mass is 10.1. The first kappa shape index (κ1) is 21.3. The zero-order chi connectivity index (χ0) is 22.0. The highest BCUT2D eigenvalue weighted by atomic mass is 15.2. The first-order valence-electron chi connectivity index (χ1n) is 11.1. The average Bonchev–Trinajstić information content (AvgIpc) is 3.19. The van der Waals surface area contributed by atoms with Crippen LogP contribution in [0.1, 0.15) is 40.7 Å². The zero-order valence-corrected chi connectivity index (χ0v) is 19.1. The molecule has 3 N–H and O–H groups in total. The number of pyridine rings is 1. The molecule has 0 spiro atoms. The summed E-state index contributed by atoms with van der Waals surface area (Å²) in [7, 11) is 0. The van der Waals surface area contributed by atoms with Gasteiger partial charge < -0.3 is 25.4 Å². The van der Waals surface area contributed by atoms with Crippen LogP contribution in [0.5, 0.6) is 0 Å². The molecule has 1 fully saturated rings. The van der Waals surface area contributed by atoms with Crippen LogP contribution in [0.3, 0.4) is 0 Å². The summed E-state index contributed by atoms with van der Waals surface area (Å²) in [6.45, 7) is 14.7. The molecule has 9 heteroatoms. The van der Waals surface area contributed by atoms with Crippen molar-refractivity contribution in [1.29, 1.82) is 0 Å². The number of hydrogen-bond donors (Lipinski definition) is 3. The lowest BCUT2D eigenvalue weighted by molar-refractivity contribution is 0.556. The second-order valence-electron chi connectivity index (χ2n) is 8.75. The third-order valence-corrected chi connectivity index (χ3v) is 5.81. The fourth-order valence-corrected chi connectivity index (χ4v) is 3.51. The Bertz CT molecular complexity index is 1000. The second-order valence-corrected chi connectivity index (χ2v) is 8.75. The van der Waals surface area contributed by atoms with E-state index >= 15 is 0 Å². The molecule has 3 aromatic heterocycles. The van der Waals surface area contributed by atoms with Crippen molar-refractivity contribution in [3.8, 4) is 0 Å². The van der Waals surface area contributed by atoms with E-state index < -0.39 is 0 Å². The Balaban J connectivity index is 1.63. The van der Waals surface area contributed by atoms with E-state index in [1.807, 2.05) is 18.6 Å². The van der Waals surface area contributed by atoms with Crippen LogP contribution in [0.25, 0.3) is 11.2 Å². The number of aromatic nitrogens is 5. The number of piperazine rings is 1. The molecule has 9 nitrogen and oxygen atoms in total. The maximum Gasteiger partial charge on any atom is 0.227 e. The van der Waals surface area contributed by atoms with Crippen LogP contribution >= 0.6 is 0 Å². The van der Waals surface area contributed by atoms with Crippen LogP contribution in [0.4, 0.5) is 23.3 Å². The summed E-state index contributed by atoms with van der Waals surface area (Å²) in [5.74, 6) is 2.45. The minimum Gasteiger partial charge on any atom is -0.368 e. The number of fused-ring (bicyclic) bond motifs is 1. The quantitative estimate of drug-likeness (QED) is 0.532. The van der Waals surface area contributed by atoms with Crippen LogP contribution in [0.2, 0.25) is 0 Å². The predicted molar refractivity (Wildman–Crippen MR) is 126 cm³/mol. The fraction of sp³-hybridized carbons (Fsp3) is 0.545. The zero-order valence-electron chi connectivity index (χ0n) is 19.1. The first-order chi connectivity index (χ1) is 14.9. The van der Waals surface area contributed by atoms with Crippen LogP contribution in [-0.2, 0) is 0 Å². The Morgan fingerprint density at radius 1 is 1.00 bits per heavy atom. The van der Waals surface area contributed by atoms with Crippen molar-refractivity contribution in [3.63, 3.8) is 0 Å². The van der Waals surface area contributed by atoms with Gasteiger partial charge in [-0.05, 0) is 38.8 Å². The molecular weight excluding hydrogens is 390 g/mol. The van der Waals surface area contributed by atoms with E-state index in [1.54, 1.807) is 0 Å². The lowest BCUT2D eigenvalue weighted by Gasteiger charge is -2.29.